The third-order valence-corrected chi connectivity index (χ3v) is 7.16. The lowest BCUT2D eigenvalue weighted by atomic mass is 9.97. The maximum Gasteiger partial charge on any atom is -0.000862 e. The third kappa shape index (κ3) is 1.68. The van der Waals surface area contributed by atoms with Crippen molar-refractivity contribution < 1.29 is 0 Å². The fraction of sp³-hybridized carbons (Fsp3) is 0.0476. The SMILES string of the molecule is C1=C2Cc3cccc(c31)-c1ccccc1P2c1ccccc1. The molecule has 22 heavy (non-hydrogen) atoms. The fourth-order valence-electron chi connectivity index (χ4n) is 3.66. The number of fused-ring (bicyclic) bond motifs is 2. The van der Waals surface area contributed by atoms with E-state index in [0.717, 1.165) is 6.42 Å². The van der Waals surface area contributed by atoms with Crippen molar-refractivity contribution >= 4 is 24.6 Å². The van der Waals surface area contributed by atoms with Crippen LogP contribution in [0.1, 0.15) is 11.1 Å². The first-order chi connectivity index (χ1) is 10.9. The van der Waals surface area contributed by atoms with Crippen LogP contribution in [0, 0.1) is 0 Å². The Bertz CT molecular complexity index is 906. The third-order valence-electron chi connectivity index (χ3n) is 4.62. The van der Waals surface area contributed by atoms with E-state index in [4.69, 9.17) is 0 Å². The Morgan fingerprint density at radius 2 is 1.45 bits per heavy atom. The quantitative estimate of drug-likeness (QED) is 0.571. The average Bonchev–Trinajstić information content (AvgIpc) is 2.94. The minimum atomic E-state index is -0.412. The predicted molar refractivity (Wildman–Crippen MR) is 96.2 cm³/mol. The van der Waals surface area contributed by atoms with Gasteiger partial charge in [0.25, 0.3) is 0 Å². The predicted octanol–water partition coefficient (Wildman–Crippen LogP) is 4.70. The average molecular weight is 298 g/mol. The first-order valence-electron chi connectivity index (χ1n) is 7.69. The highest BCUT2D eigenvalue weighted by molar-refractivity contribution is 7.77. The molecular formula is C21H15P. The van der Waals surface area contributed by atoms with Gasteiger partial charge in [-0.15, -0.1) is 0 Å². The van der Waals surface area contributed by atoms with Crippen LogP contribution in [0.25, 0.3) is 17.2 Å². The molecule has 1 unspecified atom stereocenters. The summed E-state index contributed by atoms with van der Waals surface area (Å²) >= 11 is 0. The summed E-state index contributed by atoms with van der Waals surface area (Å²) in [6, 6.07) is 26.8. The molecule has 0 fully saturated rings. The molecule has 0 nitrogen and oxygen atoms in total. The molecule has 1 heteroatoms. The van der Waals surface area contributed by atoms with Crippen molar-refractivity contribution in [1.29, 1.82) is 0 Å². The molecule has 2 aliphatic rings. The molecule has 3 aromatic carbocycles. The van der Waals surface area contributed by atoms with Crippen LogP contribution in [0.5, 0.6) is 0 Å². The second-order valence-electron chi connectivity index (χ2n) is 5.88. The van der Waals surface area contributed by atoms with Gasteiger partial charge >= 0.3 is 0 Å². The van der Waals surface area contributed by atoms with Gasteiger partial charge in [0.05, 0.1) is 0 Å². The number of hydrogen-bond acceptors (Lipinski definition) is 0. The zero-order chi connectivity index (χ0) is 14.5. The summed E-state index contributed by atoms with van der Waals surface area (Å²) < 4.78 is 0. The highest BCUT2D eigenvalue weighted by Crippen LogP contribution is 2.54. The Morgan fingerprint density at radius 1 is 0.682 bits per heavy atom. The van der Waals surface area contributed by atoms with Crippen molar-refractivity contribution in [2.45, 2.75) is 6.42 Å². The summed E-state index contributed by atoms with van der Waals surface area (Å²) in [5, 5.41) is 4.56. The molecule has 0 amide bonds. The smallest absolute Gasteiger partial charge is 0.000862 e. The van der Waals surface area contributed by atoms with E-state index in [1.54, 1.807) is 5.31 Å². The van der Waals surface area contributed by atoms with Crippen LogP contribution >= 0.6 is 7.92 Å². The van der Waals surface area contributed by atoms with Crippen molar-refractivity contribution in [2.75, 3.05) is 0 Å². The summed E-state index contributed by atoms with van der Waals surface area (Å²) in [5.74, 6) is 0. The first kappa shape index (κ1) is 12.4. The molecule has 0 saturated heterocycles. The van der Waals surface area contributed by atoms with Crippen LogP contribution in [-0.4, -0.2) is 0 Å². The summed E-state index contributed by atoms with van der Waals surface area (Å²) in [5.41, 5.74) is 5.76. The van der Waals surface area contributed by atoms with Gasteiger partial charge in [-0.1, -0.05) is 72.8 Å². The van der Waals surface area contributed by atoms with Gasteiger partial charge in [-0.3, -0.25) is 0 Å². The second kappa shape index (κ2) is 4.66. The van der Waals surface area contributed by atoms with Crippen LogP contribution in [0.4, 0.5) is 0 Å². The van der Waals surface area contributed by atoms with Crippen molar-refractivity contribution in [2.24, 2.45) is 0 Å². The monoisotopic (exact) mass is 298 g/mol. The number of benzene rings is 3. The Kier molecular flexibility index (Phi) is 2.62. The van der Waals surface area contributed by atoms with E-state index in [1.165, 1.54) is 32.9 Å². The molecule has 1 heterocycles. The molecule has 0 saturated carbocycles. The van der Waals surface area contributed by atoms with Crippen LogP contribution in [0.2, 0.25) is 0 Å². The highest BCUT2D eigenvalue weighted by Gasteiger charge is 2.30. The molecule has 0 spiro atoms. The molecule has 5 rings (SSSR count). The van der Waals surface area contributed by atoms with E-state index in [1.807, 2.05) is 0 Å². The Hall–Kier alpha value is -2.17. The van der Waals surface area contributed by atoms with Gasteiger partial charge in [0, 0.05) is 0 Å². The van der Waals surface area contributed by atoms with E-state index in [-0.39, 0.29) is 0 Å². The lowest BCUT2D eigenvalue weighted by Crippen LogP contribution is -2.15. The Balaban J connectivity index is 1.85. The fourth-order valence-corrected chi connectivity index (χ4v) is 6.31. The number of allylic oxidation sites excluding steroid dienone is 1. The molecular weight excluding hydrogens is 283 g/mol. The lowest BCUT2D eigenvalue weighted by molar-refractivity contribution is 1.28. The molecule has 1 aliphatic carbocycles. The largest absolute Gasteiger partial charge is 0.0622 e. The second-order valence-corrected chi connectivity index (χ2v) is 8.12. The van der Waals surface area contributed by atoms with Crippen molar-refractivity contribution in [3.8, 4) is 11.1 Å². The molecule has 104 valence electrons. The van der Waals surface area contributed by atoms with Gasteiger partial charge < -0.3 is 0 Å². The summed E-state index contributed by atoms with van der Waals surface area (Å²) in [4.78, 5) is 0. The van der Waals surface area contributed by atoms with Crippen LogP contribution in [0.3, 0.4) is 0 Å². The summed E-state index contributed by atoms with van der Waals surface area (Å²) in [6.45, 7) is 0. The number of hydrogen-bond donors (Lipinski definition) is 0. The first-order valence-corrected chi connectivity index (χ1v) is 9.03. The van der Waals surface area contributed by atoms with Gasteiger partial charge in [-0.05, 0) is 58.6 Å². The van der Waals surface area contributed by atoms with E-state index in [9.17, 15) is 0 Å². The van der Waals surface area contributed by atoms with Crippen LogP contribution < -0.4 is 10.6 Å². The minimum absolute atomic E-state index is 0.412. The van der Waals surface area contributed by atoms with E-state index >= 15 is 0 Å². The molecule has 1 atom stereocenters. The van der Waals surface area contributed by atoms with Gasteiger partial charge in [0.2, 0.25) is 0 Å². The standard InChI is InChI=1S/C21H15P/c1-2-8-16(9-3-1)22-17-13-15-7-6-11-18(20(15)14-17)19-10-4-5-12-21(19)22/h1-12,14H,13H2. The van der Waals surface area contributed by atoms with Gasteiger partial charge in [0.1, 0.15) is 0 Å². The van der Waals surface area contributed by atoms with E-state index < -0.39 is 7.92 Å². The Morgan fingerprint density at radius 3 is 2.36 bits per heavy atom. The molecule has 3 aromatic rings. The van der Waals surface area contributed by atoms with Crippen molar-refractivity contribution in [3.05, 3.63) is 89.2 Å². The van der Waals surface area contributed by atoms with Crippen molar-refractivity contribution in [1.82, 2.24) is 0 Å². The van der Waals surface area contributed by atoms with E-state index in [2.05, 4.69) is 78.9 Å². The lowest BCUT2D eigenvalue weighted by Gasteiger charge is -2.24. The summed E-state index contributed by atoms with van der Waals surface area (Å²) in [6.07, 6.45) is 3.57. The molecule has 2 bridgehead atoms. The normalized spacial score (nSPS) is 17.6. The van der Waals surface area contributed by atoms with Gasteiger partial charge in [-0.25, -0.2) is 0 Å². The minimum Gasteiger partial charge on any atom is -0.0622 e. The zero-order valence-corrected chi connectivity index (χ0v) is 13.1. The summed E-state index contributed by atoms with van der Waals surface area (Å²) in [7, 11) is -0.412. The van der Waals surface area contributed by atoms with Crippen molar-refractivity contribution in [3.63, 3.8) is 0 Å². The van der Waals surface area contributed by atoms with Gasteiger partial charge in [0.15, 0.2) is 0 Å². The number of rotatable bonds is 1. The molecule has 0 radical (unpaired) electrons. The van der Waals surface area contributed by atoms with Crippen LogP contribution in [-0.2, 0) is 6.42 Å². The maximum absolute atomic E-state index is 2.46. The zero-order valence-electron chi connectivity index (χ0n) is 12.2. The molecule has 1 aliphatic heterocycles. The highest BCUT2D eigenvalue weighted by atomic mass is 31.1. The van der Waals surface area contributed by atoms with Gasteiger partial charge in [-0.2, -0.15) is 0 Å². The maximum atomic E-state index is 2.46. The molecule has 0 N–H and O–H groups in total. The van der Waals surface area contributed by atoms with E-state index in [0.29, 0.717) is 0 Å². The van der Waals surface area contributed by atoms with Crippen LogP contribution in [0.15, 0.2) is 78.1 Å². The Labute approximate surface area is 131 Å². The molecule has 0 aromatic heterocycles. The topological polar surface area (TPSA) is 0 Å².